The molecule has 1 aliphatic rings. The maximum atomic E-state index is 15.6. The molecule has 182 valence electrons. The van der Waals surface area contributed by atoms with Crippen LogP contribution in [0.25, 0.3) is 0 Å². The van der Waals surface area contributed by atoms with Gasteiger partial charge in [-0.15, -0.1) is 0 Å². The van der Waals surface area contributed by atoms with E-state index in [4.69, 9.17) is 15.2 Å². The second kappa shape index (κ2) is 11.5. The standard InChI is InChI=1S/C23H33FN3O5P/c1-15(2)27(16(3)4)33(30-14-12-18-9-7-6-8-10-18)32-21-17(5)31-22(20(21)24)26-13-11-19(28)25-23(26)29/h6-11,13,15-17,20-22H,12,14H2,1-5H3,(H,25,28,29)/t17-,20+,21?,22-,33?/m1/s1/i5D. The molecule has 1 N–H and O–H groups in total. The summed E-state index contributed by atoms with van der Waals surface area (Å²) < 4.78 is 44.6. The molecule has 5 atom stereocenters. The number of aromatic nitrogens is 2. The average Bonchev–Trinajstić information content (AvgIpc) is 3.09. The smallest absolute Gasteiger partial charge is 0.330 e. The van der Waals surface area contributed by atoms with Gasteiger partial charge in [0.25, 0.3) is 14.1 Å². The summed E-state index contributed by atoms with van der Waals surface area (Å²) in [4.78, 5) is 25.7. The average molecular weight is 483 g/mol. The van der Waals surface area contributed by atoms with Gasteiger partial charge in [0.1, 0.15) is 6.10 Å². The van der Waals surface area contributed by atoms with Gasteiger partial charge in [0.15, 0.2) is 12.4 Å². The summed E-state index contributed by atoms with van der Waals surface area (Å²) >= 11 is 0. The van der Waals surface area contributed by atoms with Crippen LogP contribution in [0.15, 0.2) is 52.2 Å². The first-order valence-electron chi connectivity index (χ1n) is 11.8. The fourth-order valence-corrected chi connectivity index (χ4v) is 5.55. The highest BCUT2D eigenvalue weighted by Gasteiger charge is 2.47. The van der Waals surface area contributed by atoms with Crippen LogP contribution in [0.4, 0.5) is 4.39 Å². The van der Waals surface area contributed by atoms with E-state index >= 15 is 4.39 Å². The minimum atomic E-state index is -1.73. The van der Waals surface area contributed by atoms with Crippen molar-refractivity contribution in [1.82, 2.24) is 14.2 Å². The molecule has 33 heavy (non-hydrogen) atoms. The van der Waals surface area contributed by atoms with Crippen molar-refractivity contribution in [3.63, 3.8) is 0 Å². The molecule has 1 fully saturated rings. The van der Waals surface area contributed by atoms with Gasteiger partial charge in [0.2, 0.25) is 0 Å². The lowest BCUT2D eigenvalue weighted by molar-refractivity contribution is -0.0180. The number of hydrogen-bond donors (Lipinski definition) is 1. The van der Waals surface area contributed by atoms with Gasteiger partial charge in [-0.25, -0.2) is 13.9 Å². The molecule has 0 aliphatic carbocycles. The number of rotatable bonds is 10. The third kappa shape index (κ3) is 6.37. The third-order valence-corrected chi connectivity index (χ3v) is 7.41. The summed E-state index contributed by atoms with van der Waals surface area (Å²) in [5.41, 5.74) is -0.247. The monoisotopic (exact) mass is 482 g/mol. The number of halogens is 1. The number of nitrogens with zero attached hydrogens (tertiary/aromatic N) is 2. The molecular weight excluding hydrogens is 448 g/mol. The van der Waals surface area contributed by atoms with Crippen molar-refractivity contribution >= 4 is 8.53 Å². The molecule has 8 nitrogen and oxygen atoms in total. The van der Waals surface area contributed by atoms with Gasteiger partial charge in [0, 0.05) is 25.7 Å². The number of ether oxygens (including phenoxy) is 1. The van der Waals surface area contributed by atoms with E-state index in [-0.39, 0.29) is 19.0 Å². The Morgan fingerprint density at radius 1 is 1.21 bits per heavy atom. The number of H-pyrrole nitrogens is 1. The molecule has 10 heteroatoms. The summed E-state index contributed by atoms with van der Waals surface area (Å²) in [6.45, 7) is 8.19. The lowest BCUT2D eigenvalue weighted by Gasteiger charge is -2.37. The molecule has 1 aromatic heterocycles. The Morgan fingerprint density at radius 2 is 1.91 bits per heavy atom. The van der Waals surface area contributed by atoms with Crippen molar-refractivity contribution in [3.05, 3.63) is 69.0 Å². The van der Waals surface area contributed by atoms with E-state index in [1.54, 1.807) is 0 Å². The Kier molecular flexibility index (Phi) is 8.44. The second-order valence-electron chi connectivity index (χ2n) is 8.47. The Hall–Kier alpha value is -1.90. The molecule has 0 bridgehead atoms. The number of alkyl halides is 1. The molecule has 1 saturated heterocycles. The molecule has 0 radical (unpaired) electrons. The molecule has 2 aromatic rings. The first-order chi connectivity index (χ1) is 16.2. The van der Waals surface area contributed by atoms with Crippen molar-refractivity contribution in [3.8, 4) is 0 Å². The first-order valence-corrected chi connectivity index (χ1v) is 12.2. The summed E-state index contributed by atoms with van der Waals surface area (Å²) in [7, 11) is -1.69. The van der Waals surface area contributed by atoms with Gasteiger partial charge in [-0.3, -0.25) is 14.3 Å². The predicted octanol–water partition coefficient (Wildman–Crippen LogP) is 3.78. The van der Waals surface area contributed by atoms with Gasteiger partial charge in [0.05, 0.1) is 12.7 Å². The van der Waals surface area contributed by atoms with Crippen LogP contribution in [-0.4, -0.2) is 51.3 Å². The van der Waals surface area contributed by atoms with E-state index in [1.807, 2.05) is 62.7 Å². The maximum absolute atomic E-state index is 15.6. The summed E-state index contributed by atoms with van der Waals surface area (Å²) in [6, 6.07) is 11.2. The van der Waals surface area contributed by atoms with Crippen molar-refractivity contribution in [1.29, 1.82) is 0 Å². The number of aromatic amines is 1. The minimum absolute atomic E-state index is 0.0651. The maximum Gasteiger partial charge on any atom is 0.330 e. The molecule has 2 heterocycles. The van der Waals surface area contributed by atoms with Gasteiger partial charge in [-0.05, 0) is 46.6 Å². The first kappa shape index (κ1) is 24.2. The van der Waals surface area contributed by atoms with E-state index in [2.05, 4.69) is 4.98 Å². The molecule has 2 unspecified atom stereocenters. The van der Waals surface area contributed by atoms with Crippen LogP contribution in [0.5, 0.6) is 0 Å². The fraction of sp³-hybridized carbons (Fsp3) is 0.565. The Labute approximate surface area is 196 Å². The number of benzene rings is 1. The highest BCUT2D eigenvalue weighted by Crippen LogP contribution is 2.50. The zero-order valence-corrected chi connectivity index (χ0v) is 20.3. The number of hydrogen-bond acceptors (Lipinski definition) is 6. The zero-order valence-electron chi connectivity index (χ0n) is 20.4. The van der Waals surface area contributed by atoms with Gasteiger partial charge >= 0.3 is 5.69 Å². The SMILES string of the molecule is [2H]C[C@H]1O[C@@H](n2ccc(=O)[nH]c2=O)[C@@H](F)C1OP(OCCc1ccccc1)N(C(C)C)C(C)C. The van der Waals surface area contributed by atoms with Crippen LogP contribution in [0.3, 0.4) is 0 Å². The summed E-state index contributed by atoms with van der Waals surface area (Å²) in [5.74, 6) is 0. The number of nitrogens with one attached hydrogen (secondary N) is 1. The van der Waals surface area contributed by atoms with E-state index in [0.29, 0.717) is 13.0 Å². The topological polar surface area (TPSA) is 85.8 Å². The zero-order chi connectivity index (χ0) is 24.8. The molecule has 0 spiro atoms. The third-order valence-electron chi connectivity index (χ3n) is 5.29. The van der Waals surface area contributed by atoms with Crippen LogP contribution >= 0.6 is 8.53 Å². The van der Waals surface area contributed by atoms with Gasteiger partial charge in [-0.2, -0.15) is 0 Å². The van der Waals surface area contributed by atoms with Crippen LogP contribution in [0, 0.1) is 0 Å². The lowest BCUT2D eigenvalue weighted by atomic mass is 10.2. The van der Waals surface area contributed by atoms with E-state index in [0.717, 1.165) is 16.2 Å². The predicted molar refractivity (Wildman–Crippen MR) is 126 cm³/mol. The van der Waals surface area contributed by atoms with Gasteiger partial charge < -0.3 is 13.8 Å². The van der Waals surface area contributed by atoms with Crippen molar-refractivity contribution in [2.75, 3.05) is 6.61 Å². The van der Waals surface area contributed by atoms with Crippen LogP contribution in [0.2, 0.25) is 0 Å². The van der Waals surface area contributed by atoms with Crippen molar-refractivity contribution in [2.24, 2.45) is 0 Å². The highest BCUT2D eigenvalue weighted by molar-refractivity contribution is 7.44. The molecule has 0 amide bonds. The molecular formula is C23H33FN3O5P. The van der Waals surface area contributed by atoms with Crippen molar-refractivity contribution < 1.29 is 19.5 Å². The normalized spacial score (nSPS) is 24.5. The minimum Gasteiger partial charge on any atom is -0.349 e. The quantitative estimate of drug-likeness (QED) is 0.519. The van der Waals surface area contributed by atoms with E-state index in [1.165, 1.54) is 6.20 Å². The largest absolute Gasteiger partial charge is 0.349 e. The Balaban J connectivity index is 1.80. The van der Waals surface area contributed by atoms with E-state index < -0.39 is 44.4 Å². The molecule has 3 rings (SSSR count). The Morgan fingerprint density at radius 3 is 2.52 bits per heavy atom. The van der Waals surface area contributed by atoms with Gasteiger partial charge in [-0.1, -0.05) is 30.3 Å². The second-order valence-corrected chi connectivity index (χ2v) is 9.88. The fourth-order valence-electron chi connectivity index (χ4n) is 3.79. The van der Waals surface area contributed by atoms with E-state index in [9.17, 15) is 9.59 Å². The van der Waals surface area contributed by atoms with Crippen LogP contribution < -0.4 is 11.2 Å². The lowest BCUT2D eigenvalue weighted by Crippen LogP contribution is -2.38. The molecule has 0 saturated carbocycles. The summed E-state index contributed by atoms with van der Waals surface area (Å²) in [5, 5.41) is 0. The molecule has 1 aromatic carbocycles. The van der Waals surface area contributed by atoms with Crippen LogP contribution in [0.1, 0.15) is 47.8 Å². The Bertz CT molecular complexity index is 1010. The highest BCUT2D eigenvalue weighted by atomic mass is 31.2. The summed E-state index contributed by atoms with van der Waals surface area (Å²) in [6.07, 6.45) is -3.19. The van der Waals surface area contributed by atoms with Crippen LogP contribution in [-0.2, 0) is 20.2 Å². The molecule has 1 aliphatic heterocycles. The van der Waals surface area contributed by atoms with Crippen molar-refractivity contribution in [2.45, 2.75) is 77.7 Å².